The Labute approximate surface area is 190 Å². The number of nitrogens with zero attached hydrogens (tertiary/aromatic N) is 6. The summed E-state index contributed by atoms with van der Waals surface area (Å²) in [5, 5.41) is 2.82. The molecule has 2 fully saturated rings. The zero-order valence-corrected chi connectivity index (χ0v) is 18.6. The van der Waals surface area contributed by atoms with Gasteiger partial charge in [-0.15, -0.1) is 0 Å². The van der Waals surface area contributed by atoms with Gasteiger partial charge in [0.2, 0.25) is 5.91 Å². The molecule has 1 amide bonds. The molecule has 11 heteroatoms. The van der Waals surface area contributed by atoms with E-state index in [-0.39, 0.29) is 17.7 Å². The molecule has 8 nitrogen and oxygen atoms in total. The molecular formula is C22H28F3N7O. The average molecular weight is 464 g/mol. The van der Waals surface area contributed by atoms with Gasteiger partial charge in [-0.25, -0.2) is 15.0 Å². The van der Waals surface area contributed by atoms with Crippen molar-refractivity contribution in [2.75, 3.05) is 42.9 Å². The lowest BCUT2D eigenvalue weighted by Gasteiger charge is -2.36. The molecule has 33 heavy (non-hydrogen) atoms. The third-order valence-electron chi connectivity index (χ3n) is 6.97. The molecule has 0 aromatic carbocycles. The van der Waals surface area contributed by atoms with Crippen molar-refractivity contribution in [3.63, 3.8) is 0 Å². The highest BCUT2D eigenvalue weighted by molar-refractivity contribution is 5.94. The number of piperidine rings is 1. The molecule has 0 spiro atoms. The Bertz CT molecular complexity index is 1030. The Balaban J connectivity index is 1.33. The number of likely N-dealkylation sites (tertiary alicyclic amines) is 1. The van der Waals surface area contributed by atoms with Crippen molar-refractivity contribution < 1.29 is 18.0 Å². The van der Waals surface area contributed by atoms with Gasteiger partial charge in [0.05, 0.1) is 0 Å². The fraction of sp³-hybridized carbons (Fsp3) is 0.636. The highest BCUT2D eigenvalue weighted by Gasteiger charge is 2.37. The molecule has 0 aliphatic carbocycles. The topological polar surface area (TPSA) is 79.2 Å². The van der Waals surface area contributed by atoms with Crippen LogP contribution in [0.5, 0.6) is 0 Å². The van der Waals surface area contributed by atoms with Gasteiger partial charge in [0.15, 0.2) is 5.69 Å². The molecule has 3 aliphatic heterocycles. The predicted molar refractivity (Wildman–Crippen MR) is 116 cm³/mol. The minimum absolute atomic E-state index is 0.0115. The van der Waals surface area contributed by atoms with E-state index in [0.29, 0.717) is 50.5 Å². The summed E-state index contributed by atoms with van der Waals surface area (Å²) in [5.41, 5.74) is 0.129. The van der Waals surface area contributed by atoms with Crippen LogP contribution in [0.25, 0.3) is 0 Å². The van der Waals surface area contributed by atoms with Crippen LogP contribution in [0, 0.1) is 0 Å². The third kappa shape index (κ3) is 4.42. The quantitative estimate of drug-likeness (QED) is 0.734. The number of anilines is 2. The highest BCUT2D eigenvalue weighted by atomic mass is 19.4. The number of hydrogen-bond acceptors (Lipinski definition) is 6. The zero-order valence-electron chi connectivity index (χ0n) is 18.6. The lowest BCUT2D eigenvalue weighted by molar-refractivity contribution is -0.141. The summed E-state index contributed by atoms with van der Waals surface area (Å²) in [4.78, 5) is 29.0. The predicted octanol–water partition coefficient (Wildman–Crippen LogP) is 3.23. The van der Waals surface area contributed by atoms with Crippen molar-refractivity contribution in [2.24, 2.45) is 0 Å². The Morgan fingerprint density at radius 3 is 2.55 bits per heavy atom. The van der Waals surface area contributed by atoms with Gasteiger partial charge in [0, 0.05) is 50.3 Å². The van der Waals surface area contributed by atoms with Crippen molar-refractivity contribution in [3.8, 4) is 0 Å². The Morgan fingerprint density at radius 2 is 1.88 bits per heavy atom. The lowest BCUT2D eigenvalue weighted by Crippen LogP contribution is -2.39. The van der Waals surface area contributed by atoms with E-state index >= 15 is 0 Å². The molecule has 5 heterocycles. The molecule has 178 valence electrons. The molecule has 2 saturated heterocycles. The highest BCUT2D eigenvalue weighted by Crippen LogP contribution is 2.39. The molecule has 1 unspecified atom stereocenters. The van der Waals surface area contributed by atoms with Crippen LogP contribution in [0.4, 0.5) is 24.8 Å². The van der Waals surface area contributed by atoms with Crippen LogP contribution in [0.15, 0.2) is 12.5 Å². The lowest BCUT2D eigenvalue weighted by atomic mass is 9.92. The van der Waals surface area contributed by atoms with Crippen LogP contribution in [0.3, 0.4) is 0 Å². The Kier molecular flexibility index (Phi) is 5.75. The number of carbonyl (C=O) groups is 1. The first-order valence-electron chi connectivity index (χ1n) is 11.6. The number of nitrogens with one attached hydrogen (secondary N) is 1. The maximum atomic E-state index is 13.4. The first kappa shape index (κ1) is 22.1. The monoisotopic (exact) mass is 463 g/mol. The maximum absolute atomic E-state index is 13.4. The number of imidazole rings is 1. The van der Waals surface area contributed by atoms with E-state index in [1.54, 1.807) is 4.57 Å². The molecule has 2 aromatic rings. The van der Waals surface area contributed by atoms with Gasteiger partial charge >= 0.3 is 6.18 Å². The van der Waals surface area contributed by atoms with Gasteiger partial charge in [-0.1, -0.05) is 6.92 Å². The van der Waals surface area contributed by atoms with Crippen LogP contribution >= 0.6 is 0 Å². The zero-order chi connectivity index (χ0) is 23.2. The van der Waals surface area contributed by atoms with Gasteiger partial charge in [-0.3, -0.25) is 4.79 Å². The standard InChI is InChI=1S/C22H28F3N7O/c1-14-11-17(33)29-19-18(14)21(27-13-26-19)31-7-3-15(4-8-31)20-28-16(22(23,24)25)12-32(20)10-9-30-5-2-6-30/h12-15H,2-11H2,1H3,(H,26,27,29,33). The second kappa shape index (κ2) is 8.58. The number of carbonyl (C=O) groups excluding carboxylic acids is 1. The summed E-state index contributed by atoms with van der Waals surface area (Å²) in [6, 6.07) is 0. The fourth-order valence-corrected chi connectivity index (χ4v) is 5.03. The largest absolute Gasteiger partial charge is 0.434 e. The number of hydrogen-bond donors (Lipinski definition) is 1. The second-order valence-corrected chi connectivity index (χ2v) is 9.24. The molecule has 1 N–H and O–H groups in total. The third-order valence-corrected chi connectivity index (χ3v) is 6.97. The number of fused-ring (bicyclic) bond motifs is 1. The molecule has 1 atom stereocenters. The van der Waals surface area contributed by atoms with E-state index in [9.17, 15) is 18.0 Å². The van der Waals surface area contributed by atoms with E-state index in [4.69, 9.17) is 0 Å². The normalized spacial score (nSPS) is 22.1. The molecule has 0 saturated carbocycles. The van der Waals surface area contributed by atoms with Crippen LogP contribution in [0.1, 0.15) is 61.5 Å². The van der Waals surface area contributed by atoms with E-state index in [1.165, 1.54) is 12.5 Å². The molecule has 5 rings (SSSR count). The minimum atomic E-state index is -4.45. The molecule has 0 bridgehead atoms. The SMILES string of the molecule is CC1CC(=O)Nc2ncnc(N3CCC(c4nc(C(F)(F)F)cn4CCN4CCC4)CC3)c21. The van der Waals surface area contributed by atoms with Crippen molar-refractivity contribution in [3.05, 3.63) is 29.6 Å². The first-order chi connectivity index (χ1) is 15.8. The summed E-state index contributed by atoms with van der Waals surface area (Å²) in [6.07, 6.45) is 1.10. The van der Waals surface area contributed by atoms with E-state index in [1.807, 2.05) is 6.92 Å². The van der Waals surface area contributed by atoms with Gasteiger partial charge in [-0.2, -0.15) is 13.2 Å². The van der Waals surface area contributed by atoms with Crippen molar-refractivity contribution in [2.45, 2.75) is 57.2 Å². The molecule has 2 aromatic heterocycles. The van der Waals surface area contributed by atoms with Crippen LogP contribution in [-0.2, 0) is 17.5 Å². The van der Waals surface area contributed by atoms with Crippen molar-refractivity contribution >= 4 is 17.5 Å². The number of halogens is 3. The summed E-state index contributed by atoms with van der Waals surface area (Å²) in [6.45, 7) is 6.60. The summed E-state index contributed by atoms with van der Waals surface area (Å²) in [7, 11) is 0. The van der Waals surface area contributed by atoms with Gasteiger partial charge in [0.25, 0.3) is 0 Å². The van der Waals surface area contributed by atoms with Crippen LogP contribution in [-0.4, -0.2) is 63.0 Å². The Morgan fingerprint density at radius 1 is 1.12 bits per heavy atom. The number of aromatic nitrogens is 4. The summed E-state index contributed by atoms with van der Waals surface area (Å²) >= 11 is 0. The smallest absolute Gasteiger partial charge is 0.356 e. The van der Waals surface area contributed by atoms with Crippen molar-refractivity contribution in [1.82, 2.24) is 24.4 Å². The van der Waals surface area contributed by atoms with E-state index in [0.717, 1.165) is 37.4 Å². The van der Waals surface area contributed by atoms with E-state index in [2.05, 4.69) is 30.1 Å². The van der Waals surface area contributed by atoms with Gasteiger partial charge in [0.1, 0.15) is 23.8 Å². The molecular weight excluding hydrogens is 435 g/mol. The first-order valence-corrected chi connectivity index (χ1v) is 11.6. The van der Waals surface area contributed by atoms with Gasteiger partial charge < -0.3 is 19.7 Å². The summed E-state index contributed by atoms with van der Waals surface area (Å²) in [5.74, 6) is 1.82. The fourth-order valence-electron chi connectivity index (χ4n) is 5.03. The minimum Gasteiger partial charge on any atom is -0.356 e. The number of rotatable bonds is 5. The summed E-state index contributed by atoms with van der Waals surface area (Å²) < 4.78 is 41.9. The number of alkyl halides is 3. The van der Waals surface area contributed by atoms with Crippen LogP contribution in [0.2, 0.25) is 0 Å². The average Bonchev–Trinajstić information content (AvgIpc) is 3.17. The van der Waals surface area contributed by atoms with Crippen molar-refractivity contribution in [1.29, 1.82) is 0 Å². The molecule has 0 radical (unpaired) electrons. The Hall–Kier alpha value is -2.69. The number of amides is 1. The van der Waals surface area contributed by atoms with Gasteiger partial charge in [-0.05, 0) is 38.3 Å². The van der Waals surface area contributed by atoms with Crippen LogP contribution < -0.4 is 10.2 Å². The molecule has 3 aliphatic rings. The van der Waals surface area contributed by atoms with E-state index < -0.39 is 11.9 Å². The maximum Gasteiger partial charge on any atom is 0.434 e. The second-order valence-electron chi connectivity index (χ2n) is 9.24.